The van der Waals surface area contributed by atoms with E-state index in [1.54, 1.807) is 0 Å². The maximum absolute atomic E-state index is 5.29. The van der Waals surface area contributed by atoms with Crippen molar-refractivity contribution in [3.8, 4) is 11.3 Å². The van der Waals surface area contributed by atoms with E-state index in [4.69, 9.17) is 4.52 Å². The molecule has 0 atom stereocenters. The summed E-state index contributed by atoms with van der Waals surface area (Å²) in [5.41, 5.74) is 2.02. The van der Waals surface area contributed by atoms with Crippen LogP contribution in [0.1, 0.15) is 12.2 Å². The monoisotopic (exact) mass is 216 g/mol. The van der Waals surface area contributed by atoms with E-state index in [2.05, 4.69) is 10.5 Å². The minimum atomic E-state index is 0.917. The summed E-state index contributed by atoms with van der Waals surface area (Å²) in [6.45, 7) is 1.00. The van der Waals surface area contributed by atoms with Crippen LogP contribution in [-0.2, 0) is 6.42 Å². The minimum Gasteiger partial charge on any atom is -0.361 e. The number of rotatable bonds is 5. The summed E-state index contributed by atoms with van der Waals surface area (Å²) in [6, 6.07) is 12.1. The number of nitrogens with one attached hydrogen (secondary N) is 1. The molecule has 0 aliphatic carbocycles. The average Bonchev–Trinajstić information content (AvgIpc) is 2.79. The Kier molecular flexibility index (Phi) is 3.72. The molecule has 0 radical (unpaired) electrons. The molecular formula is C13H16N2O. The summed E-state index contributed by atoms with van der Waals surface area (Å²) in [4.78, 5) is 0. The van der Waals surface area contributed by atoms with Gasteiger partial charge in [-0.2, -0.15) is 0 Å². The van der Waals surface area contributed by atoms with E-state index in [1.165, 1.54) is 0 Å². The van der Waals surface area contributed by atoms with Gasteiger partial charge in [0.25, 0.3) is 0 Å². The van der Waals surface area contributed by atoms with Crippen molar-refractivity contribution in [1.29, 1.82) is 0 Å². The summed E-state index contributed by atoms with van der Waals surface area (Å²) in [5.74, 6) is 0.953. The van der Waals surface area contributed by atoms with Crippen molar-refractivity contribution >= 4 is 0 Å². The van der Waals surface area contributed by atoms with Crippen molar-refractivity contribution < 1.29 is 4.52 Å². The quantitative estimate of drug-likeness (QED) is 0.780. The largest absolute Gasteiger partial charge is 0.361 e. The van der Waals surface area contributed by atoms with Crippen molar-refractivity contribution in [1.82, 2.24) is 10.5 Å². The van der Waals surface area contributed by atoms with E-state index < -0.39 is 0 Å². The van der Waals surface area contributed by atoms with Crippen LogP contribution in [0.4, 0.5) is 0 Å². The summed E-state index contributed by atoms with van der Waals surface area (Å²) in [7, 11) is 1.95. The van der Waals surface area contributed by atoms with E-state index >= 15 is 0 Å². The molecule has 3 heteroatoms. The molecule has 1 aromatic heterocycles. The highest BCUT2D eigenvalue weighted by Gasteiger charge is 2.05. The molecule has 0 saturated carbocycles. The van der Waals surface area contributed by atoms with Gasteiger partial charge in [0.1, 0.15) is 11.5 Å². The second kappa shape index (κ2) is 5.47. The van der Waals surface area contributed by atoms with Gasteiger partial charge in [0.2, 0.25) is 0 Å². The fraction of sp³-hybridized carbons (Fsp3) is 0.308. The average molecular weight is 216 g/mol. The van der Waals surface area contributed by atoms with Gasteiger partial charge in [-0.1, -0.05) is 35.5 Å². The second-order valence-corrected chi connectivity index (χ2v) is 3.75. The van der Waals surface area contributed by atoms with Crippen LogP contribution in [0, 0.1) is 0 Å². The molecule has 0 unspecified atom stereocenters. The molecule has 16 heavy (non-hydrogen) atoms. The highest BCUT2D eigenvalue weighted by Crippen LogP contribution is 2.18. The molecular weight excluding hydrogens is 200 g/mol. The molecule has 84 valence electrons. The maximum atomic E-state index is 5.29. The number of benzene rings is 1. The third kappa shape index (κ3) is 2.70. The molecule has 0 saturated heterocycles. The van der Waals surface area contributed by atoms with Crippen LogP contribution in [0.2, 0.25) is 0 Å². The van der Waals surface area contributed by atoms with Gasteiger partial charge >= 0.3 is 0 Å². The normalized spacial score (nSPS) is 10.6. The zero-order valence-corrected chi connectivity index (χ0v) is 9.44. The van der Waals surface area contributed by atoms with Crippen molar-refractivity contribution in [3.63, 3.8) is 0 Å². The molecule has 0 spiro atoms. The standard InChI is InChI=1S/C13H16N2O/c1-14-9-5-8-12-10-13(15-16-12)11-6-3-2-4-7-11/h2-4,6-7,10,14H,5,8-9H2,1H3. The Labute approximate surface area is 95.5 Å². The lowest BCUT2D eigenvalue weighted by atomic mass is 10.1. The Balaban J connectivity index is 2.02. The van der Waals surface area contributed by atoms with E-state index in [0.29, 0.717) is 0 Å². The third-order valence-electron chi connectivity index (χ3n) is 2.48. The van der Waals surface area contributed by atoms with Gasteiger partial charge < -0.3 is 9.84 Å². The zero-order chi connectivity index (χ0) is 11.2. The Hall–Kier alpha value is -1.61. The zero-order valence-electron chi connectivity index (χ0n) is 9.44. The second-order valence-electron chi connectivity index (χ2n) is 3.75. The molecule has 0 aliphatic heterocycles. The lowest BCUT2D eigenvalue weighted by molar-refractivity contribution is 0.382. The predicted octanol–water partition coefficient (Wildman–Crippen LogP) is 2.49. The first-order valence-electron chi connectivity index (χ1n) is 5.56. The van der Waals surface area contributed by atoms with Crippen LogP contribution in [0.3, 0.4) is 0 Å². The molecule has 0 amide bonds. The van der Waals surface area contributed by atoms with Gasteiger partial charge in [-0.3, -0.25) is 0 Å². The van der Waals surface area contributed by atoms with Gasteiger partial charge in [0, 0.05) is 18.1 Å². The molecule has 1 N–H and O–H groups in total. The van der Waals surface area contributed by atoms with Gasteiger partial charge in [-0.25, -0.2) is 0 Å². The van der Waals surface area contributed by atoms with E-state index in [0.717, 1.165) is 36.4 Å². The number of hydrogen-bond donors (Lipinski definition) is 1. The van der Waals surface area contributed by atoms with Crippen LogP contribution in [0.25, 0.3) is 11.3 Å². The van der Waals surface area contributed by atoms with Crippen LogP contribution < -0.4 is 5.32 Å². The molecule has 2 aromatic rings. The lowest BCUT2D eigenvalue weighted by Crippen LogP contribution is -2.08. The first-order valence-corrected chi connectivity index (χ1v) is 5.56. The Morgan fingerprint density at radius 1 is 1.25 bits per heavy atom. The molecule has 3 nitrogen and oxygen atoms in total. The lowest BCUT2D eigenvalue weighted by Gasteiger charge is -1.94. The summed E-state index contributed by atoms with van der Waals surface area (Å²) in [5, 5.41) is 7.18. The van der Waals surface area contributed by atoms with Gasteiger partial charge in [-0.05, 0) is 20.0 Å². The van der Waals surface area contributed by atoms with Crippen LogP contribution in [-0.4, -0.2) is 18.7 Å². The minimum absolute atomic E-state index is 0.917. The Bertz CT molecular complexity index is 423. The topological polar surface area (TPSA) is 38.1 Å². The third-order valence-corrected chi connectivity index (χ3v) is 2.48. The van der Waals surface area contributed by atoms with Gasteiger partial charge in [0.15, 0.2) is 0 Å². The van der Waals surface area contributed by atoms with E-state index in [-0.39, 0.29) is 0 Å². The number of hydrogen-bond acceptors (Lipinski definition) is 3. The van der Waals surface area contributed by atoms with Crippen molar-refractivity contribution in [2.24, 2.45) is 0 Å². The molecule has 2 rings (SSSR count). The molecule has 1 aromatic carbocycles. The van der Waals surface area contributed by atoms with Crippen molar-refractivity contribution in [2.75, 3.05) is 13.6 Å². The van der Waals surface area contributed by atoms with E-state index in [9.17, 15) is 0 Å². The SMILES string of the molecule is CNCCCc1cc(-c2ccccc2)no1. The number of aromatic nitrogens is 1. The van der Waals surface area contributed by atoms with Crippen molar-refractivity contribution in [2.45, 2.75) is 12.8 Å². The van der Waals surface area contributed by atoms with Crippen molar-refractivity contribution in [3.05, 3.63) is 42.2 Å². The van der Waals surface area contributed by atoms with Crippen LogP contribution in [0.15, 0.2) is 40.9 Å². The smallest absolute Gasteiger partial charge is 0.137 e. The highest BCUT2D eigenvalue weighted by atomic mass is 16.5. The first-order chi connectivity index (χ1) is 7.90. The number of aryl methyl sites for hydroxylation is 1. The van der Waals surface area contributed by atoms with Gasteiger partial charge in [0.05, 0.1) is 0 Å². The molecule has 0 aliphatic rings. The summed E-state index contributed by atoms with van der Waals surface area (Å²) in [6.07, 6.45) is 2.00. The van der Waals surface area contributed by atoms with E-state index in [1.807, 2.05) is 43.4 Å². The molecule has 0 fully saturated rings. The summed E-state index contributed by atoms with van der Waals surface area (Å²) >= 11 is 0. The predicted molar refractivity (Wildman–Crippen MR) is 64.2 cm³/mol. The fourth-order valence-electron chi connectivity index (χ4n) is 1.62. The van der Waals surface area contributed by atoms with Gasteiger partial charge in [-0.15, -0.1) is 0 Å². The molecule has 1 heterocycles. The Morgan fingerprint density at radius 3 is 2.81 bits per heavy atom. The number of nitrogens with zero attached hydrogens (tertiary/aromatic N) is 1. The summed E-state index contributed by atoms with van der Waals surface area (Å²) < 4.78 is 5.29. The fourth-order valence-corrected chi connectivity index (χ4v) is 1.62. The van der Waals surface area contributed by atoms with Crippen LogP contribution >= 0.6 is 0 Å². The van der Waals surface area contributed by atoms with Crippen LogP contribution in [0.5, 0.6) is 0 Å². The highest BCUT2D eigenvalue weighted by molar-refractivity contribution is 5.58. The molecule has 0 bridgehead atoms. The Morgan fingerprint density at radius 2 is 2.06 bits per heavy atom. The first kappa shape index (κ1) is 10.9. The maximum Gasteiger partial charge on any atom is 0.137 e.